The molecule has 160 valence electrons. The van der Waals surface area contributed by atoms with E-state index in [0.29, 0.717) is 34.5 Å². The molecule has 1 aromatic heterocycles. The van der Waals surface area contributed by atoms with Crippen molar-refractivity contribution in [2.75, 3.05) is 29.6 Å². The largest absolute Gasteiger partial charge is 0.394 e. The van der Waals surface area contributed by atoms with Crippen LogP contribution in [0.4, 0.5) is 11.8 Å². The Kier molecular flexibility index (Phi) is 5.24. The summed E-state index contributed by atoms with van der Waals surface area (Å²) >= 11 is 6.05. The molecule has 1 saturated heterocycles. The van der Waals surface area contributed by atoms with E-state index in [1.165, 1.54) is 5.56 Å². The zero-order valence-electron chi connectivity index (χ0n) is 17.1. The van der Waals surface area contributed by atoms with Crippen molar-refractivity contribution in [2.45, 2.75) is 54.5 Å². The summed E-state index contributed by atoms with van der Waals surface area (Å²) in [7, 11) is -1.20. The lowest BCUT2D eigenvalue weighted by Crippen LogP contribution is -2.48. The molecule has 3 fully saturated rings. The summed E-state index contributed by atoms with van der Waals surface area (Å²) in [6.07, 6.45) is 8.43. The Morgan fingerprint density at radius 3 is 2.63 bits per heavy atom. The van der Waals surface area contributed by atoms with Gasteiger partial charge in [-0.05, 0) is 61.6 Å². The molecule has 2 N–H and O–H groups in total. The van der Waals surface area contributed by atoms with Gasteiger partial charge in [0, 0.05) is 23.9 Å². The lowest BCUT2D eigenvalue weighted by molar-refractivity contribution is 0.143. The normalized spacial score (nSPS) is 27.7. The molecule has 5 rings (SSSR count). The van der Waals surface area contributed by atoms with E-state index in [-0.39, 0.29) is 12.1 Å². The van der Waals surface area contributed by atoms with Crippen LogP contribution < -0.4 is 10.2 Å². The first-order valence-electron chi connectivity index (χ1n) is 10.6. The Labute approximate surface area is 184 Å². The van der Waals surface area contributed by atoms with Gasteiger partial charge in [0.15, 0.2) is 0 Å². The van der Waals surface area contributed by atoms with Crippen LogP contribution in [-0.4, -0.2) is 50.3 Å². The predicted octanol–water partition coefficient (Wildman–Crippen LogP) is 3.58. The number of rotatable bonds is 6. The topological polar surface area (TPSA) is 78.4 Å². The maximum atomic E-state index is 12.2. The van der Waals surface area contributed by atoms with E-state index < -0.39 is 10.8 Å². The molecule has 0 amide bonds. The van der Waals surface area contributed by atoms with Crippen LogP contribution in [0.15, 0.2) is 35.4 Å². The number of aliphatic hydroxyl groups excluding tert-OH is 1. The highest BCUT2D eigenvalue weighted by atomic mass is 35.5. The van der Waals surface area contributed by atoms with Gasteiger partial charge in [-0.15, -0.1) is 0 Å². The van der Waals surface area contributed by atoms with Crippen molar-refractivity contribution in [3.63, 3.8) is 0 Å². The average molecular weight is 447 g/mol. The Hall–Kier alpha value is -1.70. The van der Waals surface area contributed by atoms with Crippen molar-refractivity contribution in [3.05, 3.63) is 41.0 Å². The quantitative estimate of drug-likeness (QED) is 0.706. The Balaban J connectivity index is 1.37. The number of hydrogen-bond donors (Lipinski definition) is 2. The Morgan fingerprint density at radius 2 is 2.07 bits per heavy atom. The van der Waals surface area contributed by atoms with Gasteiger partial charge in [-0.3, -0.25) is 4.21 Å². The van der Waals surface area contributed by atoms with Gasteiger partial charge in [-0.1, -0.05) is 23.7 Å². The molecule has 0 spiro atoms. The number of fused-ring (bicyclic) bond motifs is 2. The molecule has 2 bridgehead atoms. The van der Waals surface area contributed by atoms with Crippen LogP contribution in [0.5, 0.6) is 0 Å². The minimum atomic E-state index is -1.20. The fourth-order valence-electron chi connectivity index (χ4n) is 5.29. The number of aliphatic hydroxyl groups is 1. The number of hydrogen-bond acceptors (Lipinski definition) is 6. The van der Waals surface area contributed by atoms with E-state index in [0.717, 1.165) is 43.7 Å². The number of aromatic nitrogens is 2. The maximum absolute atomic E-state index is 12.2. The predicted molar refractivity (Wildman–Crippen MR) is 120 cm³/mol. The van der Waals surface area contributed by atoms with Crippen LogP contribution in [0.1, 0.15) is 43.6 Å². The fraction of sp³-hybridized carbons (Fsp3) is 0.545. The van der Waals surface area contributed by atoms with Crippen LogP contribution in [0.3, 0.4) is 0 Å². The van der Waals surface area contributed by atoms with Crippen LogP contribution in [-0.2, 0) is 10.8 Å². The molecular formula is C22H27ClN4O2S. The number of nitrogens with zero attached hydrogens (tertiary/aromatic N) is 3. The highest BCUT2D eigenvalue weighted by Gasteiger charge is 2.46. The van der Waals surface area contributed by atoms with Crippen LogP contribution in [0.25, 0.3) is 0 Å². The number of halogens is 1. The van der Waals surface area contributed by atoms with E-state index in [9.17, 15) is 9.32 Å². The molecule has 4 atom stereocenters. The third-order valence-electron chi connectivity index (χ3n) is 7.15. The van der Waals surface area contributed by atoms with Crippen LogP contribution in [0, 0.1) is 5.92 Å². The second-order valence-electron chi connectivity index (χ2n) is 8.95. The van der Waals surface area contributed by atoms with Crippen molar-refractivity contribution in [2.24, 2.45) is 5.92 Å². The van der Waals surface area contributed by atoms with E-state index >= 15 is 0 Å². The first-order chi connectivity index (χ1) is 14.5. The fourth-order valence-corrected chi connectivity index (χ4v) is 5.99. The summed E-state index contributed by atoms with van der Waals surface area (Å²) in [5.74, 6) is 2.43. The van der Waals surface area contributed by atoms with Crippen molar-refractivity contribution in [1.82, 2.24) is 9.97 Å². The number of benzene rings is 1. The first-order valence-corrected chi connectivity index (χ1v) is 12.5. The van der Waals surface area contributed by atoms with Gasteiger partial charge in [0.25, 0.3) is 0 Å². The molecule has 2 heterocycles. The monoisotopic (exact) mass is 446 g/mol. The highest BCUT2D eigenvalue weighted by Crippen LogP contribution is 2.48. The van der Waals surface area contributed by atoms with Crippen molar-refractivity contribution in [3.8, 4) is 0 Å². The molecule has 2 saturated carbocycles. The molecule has 2 aliphatic carbocycles. The van der Waals surface area contributed by atoms with E-state index in [2.05, 4.69) is 27.3 Å². The highest BCUT2D eigenvalue weighted by molar-refractivity contribution is 7.84. The lowest BCUT2D eigenvalue weighted by Gasteiger charge is -2.41. The SMILES string of the molecule is C[S@@](=O)c1cnc(N2CC3CC2CC3c2ccc(Cl)cc2)nc1NC1(CO)CCC1. The zero-order valence-corrected chi connectivity index (χ0v) is 18.6. The molecule has 0 radical (unpaired) electrons. The molecule has 30 heavy (non-hydrogen) atoms. The smallest absolute Gasteiger partial charge is 0.227 e. The molecule has 6 nitrogen and oxygen atoms in total. The van der Waals surface area contributed by atoms with E-state index in [1.54, 1.807) is 12.5 Å². The maximum Gasteiger partial charge on any atom is 0.227 e. The number of anilines is 2. The lowest BCUT2D eigenvalue weighted by atomic mass is 9.77. The Bertz CT molecular complexity index is 961. The van der Waals surface area contributed by atoms with Crippen molar-refractivity contribution < 1.29 is 9.32 Å². The summed E-state index contributed by atoms with van der Waals surface area (Å²) in [4.78, 5) is 12.3. The van der Waals surface area contributed by atoms with E-state index in [1.807, 2.05) is 12.1 Å². The van der Waals surface area contributed by atoms with Gasteiger partial charge in [-0.2, -0.15) is 4.98 Å². The molecule has 3 unspecified atom stereocenters. The van der Waals surface area contributed by atoms with Gasteiger partial charge in [0.05, 0.1) is 34.0 Å². The first kappa shape index (κ1) is 20.2. The molecule has 3 aliphatic rings. The summed E-state index contributed by atoms with van der Waals surface area (Å²) in [6, 6.07) is 8.66. The average Bonchev–Trinajstić information content (AvgIpc) is 3.32. The summed E-state index contributed by atoms with van der Waals surface area (Å²) < 4.78 is 12.2. The minimum Gasteiger partial charge on any atom is -0.394 e. The summed E-state index contributed by atoms with van der Waals surface area (Å²) in [5.41, 5.74) is 1.02. The zero-order chi connectivity index (χ0) is 20.9. The standard InChI is InChI=1S/C22H27ClN4O2S/c1-30(29)19-11-24-21(25-20(19)26-22(13-28)7-2-8-22)27-12-15-9-17(27)10-18(15)14-3-5-16(23)6-4-14/h3-6,11,15,17-18,28H,2,7-10,12-13H2,1H3,(H,24,25,26)/t15?,17?,18?,30-/m1/s1. The van der Waals surface area contributed by atoms with Crippen LogP contribution in [0.2, 0.25) is 5.02 Å². The number of nitrogens with one attached hydrogen (secondary N) is 1. The van der Waals surface area contributed by atoms with Gasteiger partial charge in [0.1, 0.15) is 5.82 Å². The van der Waals surface area contributed by atoms with Gasteiger partial charge >= 0.3 is 0 Å². The molecule has 1 aromatic carbocycles. The minimum absolute atomic E-state index is 0.0549. The Morgan fingerprint density at radius 1 is 1.30 bits per heavy atom. The van der Waals surface area contributed by atoms with Gasteiger partial charge in [-0.25, -0.2) is 4.98 Å². The van der Waals surface area contributed by atoms with Gasteiger partial charge in [0.2, 0.25) is 5.95 Å². The summed E-state index contributed by atoms with van der Waals surface area (Å²) in [5, 5.41) is 14.0. The second-order valence-corrected chi connectivity index (χ2v) is 10.7. The third kappa shape index (κ3) is 3.51. The van der Waals surface area contributed by atoms with Gasteiger partial charge < -0.3 is 15.3 Å². The summed E-state index contributed by atoms with van der Waals surface area (Å²) in [6.45, 7) is 0.983. The van der Waals surface area contributed by atoms with Crippen LogP contribution >= 0.6 is 11.6 Å². The second kappa shape index (κ2) is 7.77. The molecule has 1 aliphatic heterocycles. The van der Waals surface area contributed by atoms with Crippen molar-refractivity contribution >= 4 is 34.2 Å². The molecular weight excluding hydrogens is 420 g/mol. The third-order valence-corrected chi connectivity index (χ3v) is 8.32. The molecule has 8 heteroatoms. The molecule has 2 aromatic rings. The van der Waals surface area contributed by atoms with E-state index in [4.69, 9.17) is 16.6 Å². The number of piperidine rings is 1. The van der Waals surface area contributed by atoms with Crippen molar-refractivity contribution in [1.29, 1.82) is 0 Å².